The quantitative estimate of drug-likeness (QED) is 0.577. The van der Waals surface area contributed by atoms with Crippen LogP contribution >= 0.6 is 0 Å². The Bertz CT molecular complexity index is 1090. The van der Waals surface area contributed by atoms with Crippen molar-refractivity contribution in [3.63, 3.8) is 0 Å². The van der Waals surface area contributed by atoms with E-state index >= 15 is 0 Å². The molecule has 4 aromatic rings. The number of nitrogens with zero attached hydrogens (tertiary/aromatic N) is 2. The van der Waals surface area contributed by atoms with Crippen LogP contribution in [0.3, 0.4) is 0 Å². The van der Waals surface area contributed by atoms with E-state index in [2.05, 4.69) is 22.1 Å². The number of imidazole rings is 1. The summed E-state index contributed by atoms with van der Waals surface area (Å²) in [5, 5.41) is 0. The molecule has 1 amide bonds. The number of nitrogens with one attached hydrogen (secondary N) is 1. The minimum atomic E-state index is -0.462. The number of fused-ring (bicyclic) bond motifs is 1. The van der Waals surface area contributed by atoms with Crippen molar-refractivity contribution < 1.29 is 9.18 Å². The third kappa shape index (κ3) is 3.44. The highest BCUT2D eigenvalue weighted by Gasteiger charge is 2.18. The van der Waals surface area contributed by atoms with Gasteiger partial charge in [-0.2, -0.15) is 0 Å². The second kappa shape index (κ2) is 7.03. The van der Waals surface area contributed by atoms with Crippen molar-refractivity contribution in [3.05, 3.63) is 90.0 Å². The number of amides is 1. The predicted molar refractivity (Wildman–Crippen MR) is 104 cm³/mol. The summed E-state index contributed by atoms with van der Waals surface area (Å²) in [7, 11) is 1.71. The Kier molecular flexibility index (Phi) is 4.42. The molecule has 1 aromatic heterocycles. The summed E-state index contributed by atoms with van der Waals surface area (Å²) in [5.41, 5.74) is 4.52. The Hall–Kier alpha value is -3.47. The molecular weight excluding hydrogens is 341 g/mol. The number of benzene rings is 3. The minimum absolute atomic E-state index is 0.259. The monoisotopic (exact) mass is 359 g/mol. The van der Waals surface area contributed by atoms with Crippen LogP contribution in [-0.2, 0) is 6.54 Å². The first kappa shape index (κ1) is 17.0. The molecule has 1 N–H and O–H groups in total. The number of carbonyl (C=O) groups is 1. The van der Waals surface area contributed by atoms with Gasteiger partial charge in [0.2, 0.25) is 0 Å². The molecule has 0 aliphatic heterocycles. The molecule has 0 radical (unpaired) electrons. The van der Waals surface area contributed by atoms with Crippen molar-refractivity contribution >= 4 is 16.9 Å². The van der Waals surface area contributed by atoms with E-state index in [0.29, 0.717) is 17.6 Å². The number of rotatable bonds is 4. The van der Waals surface area contributed by atoms with Gasteiger partial charge in [-0.15, -0.1) is 0 Å². The third-order valence-corrected chi connectivity index (χ3v) is 4.55. The van der Waals surface area contributed by atoms with E-state index in [1.165, 1.54) is 18.5 Å². The second-order valence-electron chi connectivity index (χ2n) is 6.48. The summed E-state index contributed by atoms with van der Waals surface area (Å²) in [6.07, 6.45) is 1.46. The maximum Gasteiger partial charge on any atom is 0.256 e. The molecule has 0 atom stereocenters. The molecule has 5 heteroatoms. The van der Waals surface area contributed by atoms with Gasteiger partial charge in [-0.05, 0) is 28.8 Å². The number of carbonyl (C=O) groups excluding carboxylic acids is 1. The molecule has 134 valence electrons. The average molecular weight is 359 g/mol. The number of aromatic nitrogens is 2. The Morgan fingerprint density at radius 2 is 1.74 bits per heavy atom. The SMILES string of the molecule is CN(Cc1ccc(-c2ccccc2)cc1)C(=O)c1cc(F)cc2[nH]cnc12. The first-order valence-corrected chi connectivity index (χ1v) is 8.64. The molecule has 0 unspecified atom stereocenters. The Morgan fingerprint density at radius 3 is 2.48 bits per heavy atom. The van der Waals surface area contributed by atoms with E-state index < -0.39 is 5.82 Å². The third-order valence-electron chi connectivity index (χ3n) is 4.55. The fourth-order valence-electron chi connectivity index (χ4n) is 3.16. The van der Waals surface area contributed by atoms with Gasteiger partial charge in [-0.25, -0.2) is 9.37 Å². The number of H-pyrrole nitrogens is 1. The van der Waals surface area contributed by atoms with E-state index in [1.807, 2.05) is 42.5 Å². The Morgan fingerprint density at radius 1 is 1.04 bits per heavy atom. The summed E-state index contributed by atoms with van der Waals surface area (Å²) >= 11 is 0. The highest BCUT2D eigenvalue weighted by atomic mass is 19.1. The maximum absolute atomic E-state index is 13.8. The topological polar surface area (TPSA) is 49.0 Å². The zero-order valence-corrected chi connectivity index (χ0v) is 14.8. The van der Waals surface area contributed by atoms with Crippen LogP contribution in [0.2, 0.25) is 0 Å². The van der Waals surface area contributed by atoms with Crippen LogP contribution in [0.5, 0.6) is 0 Å². The van der Waals surface area contributed by atoms with Crippen LogP contribution in [0, 0.1) is 5.82 Å². The molecule has 0 aliphatic carbocycles. The minimum Gasteiger partial charge on any atom is -0.344 e. The first-order chi connectivity index (χ1) is 13.1. The number of hydrogen-bond acceptors (Lipinski definition) is 2. The van der Waals surface area contributed by atoms with Gasteiger partial charge in [0.1, 0.15) is 11.3 Å². The van der Waals surface area contributed by atoms with Gasteiger partial charge in [-0.3, -0.25) is 4.79 Å². The van der Waals surface area contributed by atoms with Gasteiger partial charge >= 0.3 is 0 Å². The zero-order valence-electron chi connectivity index (χ0n) is 14.8. The highest BCUT2D eigenvalue weighted by Crippen LogP contribution is 2.21. The van der Waals surface area contributed by atoms with Crippen molar-refractivity contribution in [3.8, 4) is 11.1 Å². The smallest absolute Gasteiger partial charge is 0.256 e. The molecule has 4 rings (SSSR count). The van der Waals surface area contributed by atoms with Gasteiger partial charge in [-0.1, -0.05) is 54.6 Å². The van der Waals surface area contributed by atoms with Gasteiger partial charge in [0, 0.05) is 13.6 Å². The van der Waals surface area contributed by atoms with E-state index in [0.717, 1.165) is 16.7 Å². The van der Waals surface area contributed by atoms with Gasteiger partial charge < -0.3 is 9.88 Å². The lowest BCUT2D eigenvalue weighted by atomic mass is 10.0. The van der Waals surface area contributed by atoms with E-state index in [1.54, 1.807) is 11.9 Å². The van der Waals surface area contributed by atoms with Crippen LogP contribution < -0.4 is 0 Å². The van der Waals surface area contributed by atoms with E-state index in [4.69, 9.17) is 0 Å². The molecule has 0 saturated heterocycles. The summed E-state index contributed by atoms with van der Waals surface area (Å²) in [6, 6.07) is 20.8. The number of aromatic amines is 1. The number of hydrogen-bond donors (Lipinski definition) is 1. The van der Waals surface area contributed by atoms with Crippen LogP contribution in [0.15, 0.2) is 73.1 Å². The van der Waals surface area contributed by atoms with Gasteiger partial charge in [0.15, 0.2) is 0 Å². The van der Waals surface area contributed by atoms with E-state index in [-0.39, 0.29) is 11.5 Å². The largest absolute Gasteiger partial charge is 0.344 e. The molecule has 0 aliphatic rings. The molecule has 1 heterocycles. The van der Waals surface area contributed by atoms with Crippen molar-refractivity contribution in [2.24, 2.45) is 0 Å². The highest BCUT2D eigenvalue weighted by molar-refractivity contribution is 6.04. The molecular formula is C22H18FN3O. The molecule has 0 spiro atoms. The van der Waals surface area contributed by atoms with Crippen LogP contribution in [0.4, 0.5) is 4.39 Å². The van der Waals surface area contributed by atoms with Crippen molar-refractivity contribution in [1.82, 2.24) is 14.9 Å². The van der Waals surface area contributed by atoms with E-state index in [9.17, 15) is 9.18 Å². The first-order valence-electron chi connectivity index (χ1n) is 8.64. The van der Waals surface area contributed by atoms with Gasteiger partial charge in [0.25, 0.3) is 5.91 Å². The standard InChI is InChI=1S/C22H18FN3O/c1-26(22(27)19-11-18(23)12-20-21(19)25-14-24-20)13-15-7-9-17(10-8-15)16-5-3-2-4-6-16/h2-12,14H,13H2,1H3,(H,24,25). The fraction of sp³-hybridized carbons (Fsp3) is 0.0909. The van der Waals surface area contributed by atoms with Crippen molar-refractivity contribution in [1.29, 1.82) is 0 Å². The summed E-state index contributed by atoms with van der Waals surface area (Å²) in [5.74, 6) is -0.727. The lowest BCUT2D eigenvalue weighted by molar-refractivity contribution is 0.0786. The number of halogens is 1. The zero-order chi connectivity index (χ0) is 18.8. The summed E-state index contributed by atoms with van der Waals surface area (Å²) in [4.78, 5) is 21.4. The summed E-state index contributed by atoms with van der Waals surface area (Å²) in [6.45, 7) is 0.427. The lowest BCUT2D eigenvalue weighted by Crippen LogP contribution is -2.26. The normalized spacial score (nSPS) is 10.9. The average Bonchev–Trinajstić information content (AvgIpc) is 3.16. The molecule has 0 fully saturated rings. The molecule has 4 nitrogen and oxygen atoms in total. The van der Waals surface area contributed by atoms with Gasteiger partial charge in [0.05, 0.1) is 17.4 Å². The molecule has 0 saturated carbocycles. The summed E-state index contributed by atoms with van der Waals surface area (Å²) < 4.78 is 13.8. The Labute approximate surface area is 156 Å². The lowest BCUT2D eigenvalue weighted by Gasteiger charge is -2.18. The molecule has 0 bridgehead atoms. The van der Waals surface area contributed by atoms with Crippen LogP contribution in [-0.4, -0.2) is 27.8 Å². The Balaban J connectivity index is 1.54. The molecule has 3 aromatic carbocycles. The second-order valence-corrected chi connectivity index (χ2v) is 6.48. The molecule has 27 heavy (non-hydrogen) atoms. The van der Waals surface area contributed by atoms with Crippen LogP contribution in [0.25, 0.3) is 22.2 Å². The maximum atomic E-state index is 13.8. The van der Waals surface area contributed by atoms with Crippen LogP contribution in [0.1, 0.15) is 15.9 Å². The predicted octanol–water partition coefficient (Wildman–Crippen LogP) is 4.64. The van der Waals surface area contributed by atoms with Crippen molar-refractivity contribution in [2.45, 2.75) is 6.54 Å². The fourth-order valence-corrected chi connectivity index (χ4v) is 3.16. The van der Waals surface area contributed by atoms with Crippen molar-refractivity contribution in [2.75, 3.05) is 7.05 Å².